The third-order valence-corrected chi connectivity index (χ3v) is 6.35. The van der Waals surface area contributed by atoms with E-state index in [2.05, 4.69) is 4.74 Å². The first-order valence-corrected chi connectivity index (χ1v) is 9.51. The topological polar surface area (TPSA) is 85.1 Å². The second kappa shape index (κ2) is 6.75. The largest absolute Gasteiger partial charge is 0.467 e. The van der Waals surface area contributed by atoms with Crippen molar-refractivity contribution in [1.82, 2.24) is 4.40 Å². The minimum Gasteiger partial charge on any atom is -0.467 e. The van der Waals surface area contributed by atoms with Gasteiger partial charge in [-0.25, -0.2) is 13.2 Å². The van der Waals surface area contributed by atoms with Crippen LogP contribution >= 0.6 is 11.6 Å². The van der Waals surface area contributed by atoms with E-state index in [0.717, 1.165) is 7.11 Å². The number of aromatic nitrogens is 1. The van der Waals surface area contributed by atoms with Gasteiger partial charge in [0, 0.05) is 11.2 Å². The molecule has 136 valence electrons. The first-order valence-electron chi connectivity index (χ1n) is 7.65. The van der Waals surface area contributed by atoms with Gasteiger partial charge in [0.1, 0.15) is 4.90 Å². The lowest BCUT2D eigenvalue weighted by Gasteiger charge is -2.10. The van der Waals surface area contributed by atoms with Crippen LogP contribution in [0, 0.1) is 6.92 Å². The monoisotopic (exact) mass is 393 g/mol. The number of nitrogens with zero attached hydrogens (tertiary/aromatic N) is 1. The van der Waals surface area contributed by atoms with Gasteiger partial charge in [-0.05, 0) is 48.9 Å². The number of fused-ring (bicyclic) bond motifs is 1. The van der Waals surface area contributed by atoms with Gasteiger partial charge < -0.3 is 14.2 Å². The van der Waals surface area contributed by atoms with Crippen LogP contribution < -0.4 is 0 Å². The maximum absolute atomic E-state index is 13.2. The van der Waals surface area contributed by atoms with Crippen LogP contribution in [0.1, 0.15) is 17.4 Å². The molecule has 1 atom stereocenters. The van der Waals surface area contributed by atoms with Gasteiger partial charge in [0.05, 0.1) is 23.2 Å². The molecular formula is C18H16ClNO5S. The molecule has 0 saturated heterocycles. The number of aliphatic hydroxyl groups is 1. The Morgan fingerprint density at radius 2 is 1.85 bits per heavy atom. The van der Waals surface area contributed by atoms with Gasteiger partial charge in [0.2, 0.25) is 9.84 Å². The highest BCUT2D eigenvalue weighted by Crippen LogP contribution is 2.35. The molecule has 0 aliphatic carbocycles. The molecule has 0 saturated carbocycles. The highest BCUT2D eigenvalue weighted by molar-refractivity contribution is 7.91. The molecule has 1 N–H and O–H groups in total. The zero-order valence-electron chi connectivity index (χ0n) is 14.0. The van der Waals surface area contributed by atoms with Crippen LogP contribution in [-0.4, -0.2) is 31.0 Å². The summed E-state index contributed by atoms with van der Waals surface area (Å²) >= 11 is 5.85. The number of ether oxygens (including phenoxy) is 1. The van der Waals surface area contributed by atoms with Crippen LogP contribution in [0.15, 0.2) is 58.5 Å². The fraction of sp³-hybridized carbons (Fsp3) is 0.167. The number of hydrogen-bond acceptors (Lipinski definition) is 5. The minimum absolute atomic E-state index is 0.0263. The van der Waals surface area contributed by atoms with E-state index >= 15 is 0 Å². The van der Waals surface area contributed by atoms with E-state index < -0.39 is 21.9 Å². The smallest absolute Gasteiger partial charge is 0.340 e. The highest BCUT2D eigenvalue weighted by Gasteiger charge is 2.32. The highest BCUT2D eigenvalue weighted by atomic mass is 35.5. The summed E-state index contributed by atoms with van der Waals surface area (Å²) in [6, 6.07) is 10.8. The number of methoxy groups -OCH3 is 1. The van der Waals surface area contributed by atoms with Crippen molar-refractivity contribution in [3.05, 3.63) is 64.9 Å². The summed E-state index contributed by atoms with van der Waals surface area (Å²) in [5.41, 5.74) is 0.793. The molecule has 0 aliphatic rings. The lowest BCUT2D eigenvalue weighted by atomic mass is 10.2. The third-order valence-electron chi connectivity index (χ3n) is 4.15. The molecule has 0 amide bonds. The van der Waals surface area contributed by atoms with Gasteiger partial charge in [-0.15, -0.1) is 0 Å². The van der Waals surface area contributed by atoms with Crippen LogP contribution in [0.25, 0.3) is 5.52 Å². The lowest BCUT2D eigenvalue weighted by molar-refractivity contribution is -0.151. The fourth-order valence-electron chi connectivity index (χ4n) is 2.96. The number of aliphatic hydroxyl groups excluding tert-OH is 1. The summed E-state index contributed by atoms with van der Waals surface area (Å²) in [5, 5.41) is 10.8. The molecular weight excluding hydrogens is 378 g/mol. The average Bonchev–Trinajstić information content (AvgIpc) is 2.93. The van der Waals surface area contributed by atoms with Crippen molar-refractivity contribution in [3.8, 4) is 0 Å². The van der Waals surface area contributed by atoms with Gasteiger partial charge in [-0.2, -0.15) is 0 Å². The molecule has 0 radical (unpaired) electrons. The van der Waals surface area contributed by atoms with E-state index in [-0.39, 0.29) is 21.0 Å². The fourth-order valence-corrected chi connectivity index (χ4v) is 4.76. The van der Waals surface area contributed by atoms with Gasteiger partial charge in [0.25, 0.3) is 0 Å². The summed E-state index contributed by atoms with van der Waals surface area (Å²) < 4.78 is 32.5. The van der Waals surface area contributed by atoms with Crippen molar-refractivity contribution in [2.45, 2.75) is 22.8 Å². The molecule has 1 aromatic carbocycles. The van der Waals surface area contributed by atoms with E-state index in [1.807, 2.05) is 0 Å². The van der Waals surface area contributed by atoms with Crippen molar-refractivity contribution in [1.29, 1.82) is 0 Å². The van der Waals surface area contributed by atoms with Crippen LogP contribution in [0.3, 0.4) is 0 Å². The number of pyridine rings is 1. The predicted octanol–water partition coefficient (Wildman–Crippen LogP) is 2.94. The van der Waals surface area contributed by atoms with E-state index in [4.69, 9.17) is 11.6 Å². The number of carbonyl (C=O) groups excluding carboxylic acids is 1. The summed E-state index contributed by atoms with van der Waals surface area (Å²) in [6.45, 7) is 1.55. The summed E-state index contributed by atoms with van der Waals surface area (Å²) in [5.74, 6) is -0.869. The quantitative estimate of drug-likeness (QED) is 0.689. The van der Waals surface area contributed by atoms with Crippen molar-refractivity contribution in [3.63, 3.8) is 0 Å². The number of benzene rings is 1. The molecule has 1 unspecified atom stereocenters. The van der Waals surface area contributed by atoms with Gasteiger partial charge in [-0.1, -0.05) is 17.7 Å². The molecule has 2 heterocycles. The van der Waals surface area contributed by atoms with Crippen LogP contribution in [-0.2, 0) is 19.4 Å². The maximum Gasteiger partial charge on any atom is 0.340 e. The van der Waals surface area contributed by atoms with Crippen molar-refractivity contribution < 1.29 is 23.1 Å². The maximum atomic E-state index is 13.2. The SMILES string of the molecule is COC(=O)C(O)c1c(C)c(S(=O)(=O)c2ccc(Cl)cc2)c2ccccn12. The molecule has 0 fully saturated rings. The van der Waals surface area contributed by atoms with Crippen LogP contribution in [0.5, 0.6) is 0 Å². The molecule has 26 heavy (non-hydrogen) atoms. The zero-order chi connectivity index (χ0) is 19.1. The molecule has 3 rings (SSSR count). The molecule has 3 aromatic rings. The molecule has 0 aliphatic heterocycles. The van der Waals surface area contributed by atoms with Gasteiger partial charge in [-0.3, -0.25) is 0 Å². The van der Waals surface area contributed by atoms with E-state index in [1.165, 1.54) is 28.7 Å². The Kier molecular flexibility index (Phi) is 4.79. The molecule has 0 spiro atoms. The Labute approximate surface area is 155 Å². The number of carbonyl (C=O) groups is 1. The minimum atomic E-state index is -3.90. The first-order chi connectivity index (χ1) is 12.3. The molecule has 8 heteroatoms. The predicted molar refractivity (Wildman–Crippen MR) is 96.0 cm³/mol. The van der Waals surface area contributed by atoms with Crippen molar-refractivity contribution in [2.24, 2.45) is 0 Å². The Hall–Kier alpha value is -2.35. The first kappa shape index (κ1) is 18.4. The Morgan fingerprint density at radius 3 is 2.46 bits per heavy atom. The van der Waals surface area contributed by atoms with Crippen LogP contribution in [0.4, 0.5) is 0 Å². The number of rotatable bonds is 4. The summed E-state index contributed by atoms with van der Waals surface area (Å²) in [7, 11) is -2.75. The number of sulfone groups is 1. The molecule has 2 aromatic heterocycles. The third kappa shape index (κ3) is 2.88. The lowest BCUT2D eigenvalue weighted by Crippen LogP contribution is -2.16. The normalized spacial score (nSPS) is 12.9. The Balaban J connectivity index is 2.32. The van der Waals surface area contributed by atoms with Crippen molar-refractivity contribution in [2.75, 3.05) is 7.11 Å². The van der Waals surface area contributed by atoms with Crippen LogP contribution in [0.2, 0.25) is 5.02 Å². The van der Waals surface area contributed by atoms with Gasteiger partial charge in [0.15, 0.2) is 6.10 Å². The number of halogens is 1. The number of esters is 1. The Bertz CT molecular complexity index is 1090. The summed E-state index contributed by atoms with van der Waals surface area (Å²) in [6.07, 6.45) is -0.0193. The van der Waals surface area contributed by atoms with Crippen molar-refractivity contribution >= 4 is 32.9 Å². The second-order valence-corrected chi connectivity index (χ2v) is 8.00. The van der Waals surface area contributed by atoms with E-state index in [1.54, 1.807) is 31.3 Å². The average molecular weight is 394 g/mol. The van der Waals surface area contributed by atoms with Gasteiger partial charge >= 0.3 is 5.97 Å². The zero-order valence-corrected chi connectivity index (χ0v) is 15.6. The second-order valence-electron chi connectivity index (χ2n) is 5.68. The standard InChI is InChI=1S/C18H16ClNO5S/c1-11-15(16(21)18(22)25-2)20-10-4-3-5-14(20)17(11)26(23,24)13-8-6-12(19)7-9-13/h3-10,16,21H,1-2H3. The summed E-state index contributed by atoms with van der Waals surface area (Å²) in [4.78, 5) is 11.9. The molecule has 0 bridgehead atoms. The Morgan fingerprint density at radius 1 is 1.19 bits per heavy atom. The molecule has 6 nitrogen and oxygen atoms in total. The van der Waals surface area contributed by atoms with E-state index in [0.29, 0.717) is 10.5 Å². The van der Waals surface area contributed by atoms with E-state index in [9.17, 15) is 18.3 Å². The number of hydrogen-bond donors (Lipinski definition) is 1.